The molecule has 0 heterocycles. The van der Waals surface area contributed by atoms with Gasteiger partial charge in [-0.3, -0.25) is 4.79 Å². The van der Waals surface area contributed by atoms with E-state index in [1.54, 1.807) is 13.0 Å². The fourth-order valence-electron chi connectivity index (χ4n) is 2.11. The number of amides is 1. The van der Waals surface area contributed by atoms with Crippen LogP contribution in [-0.2, 0) is 11.3 Å². The number of hydrogen-bond donors (Lipinski definition) is 3. The Morgan fingerprint density at radius 3 is 2.48 bits per heavy atom. The zero-order chi connectivity index (χ0) is 19.0. The van der Waals surface area contributed by atoms with Gasteiger partial charge >= 0.3 is 0 Å². The van der Waals surface area contributed by atoms with Crippen LogP contribution in [0.4, 0.5) is 0 Å². The normalized spacial score (nSPS) is 12.6. The second-order valence-electron chi connectivity index (χ2n) is 6.89. The van der Waals surface area contributed by atoms with Gasteiger partial charge in [-0.25, -0.2) is 0 Å². The van der Waals surface area contributed by atoms with Gasteiger partial charge in [-0.05, 0) is 52.3 Å². The molecule has 0 fully saturated rings. The quantitative estimate of drug-likeness (QED) is 0.576. The molecule has 0 aliphatic rings. The molecule has 1 amide bonds. The number of halogens is 1. The highest BCUT2D eigenvalue weighted by molar-refractivity contribution is 9.10. The van der Waals surface area contributed by atoms with E-state index in [9.17, 15) is 9.90 Å². The number of carbonyl (C=O) groups excluding carboxylic acids is 1. The fraction of sp³-hybridized carbons (Fsp3) is 0.611. The number of aliphatic hydroxyl groups excluding tert-OH is 1. The van der Waals surface area contributed by atoms with Crippen molar-refractivity contribution in [1.29, 1.82) is 0 Å². The van der Waals surface area contributed by atoms with Gasteiger partial charge < -0.3 is 25.2 Å². The minimum Gasteiger partial charge on any atom is -0.490 e. The molecule has 6 nitrogen and oxygen atoms in total. The molecular weight excluding hydrogens is 388 g/mol. The van der Waals surface area contributed by atoms with Crippen molar-refractivity contribution in [3.8, 4) is 11.5 Å². The smallest absolute Gasteiger partial charge is 0.258 e. The van der Waals surface area contributed by atoms with Crippen LogP contribution in [-0.4, -0.2) is 42.4 Å². The van der Waals surface area contributed by atoms with Crippen molar-refractivity contribution in [3.63, 3.8) is 0 Å². The minimum absolute atomic E-state index is 0.0800. The molecule has 0 aliphatic carbocycles. The summed E-state index contributed by atoms with van der Waals surface area (Å²) in [5.74, 6) is 0.911. The Morgan fingerprint density at radius 1 is 1.28 bits per heavy atom. The number of benzene rings is 1. The molecule has 0 bridgehead atoms. The lowest BCUT2D eigenvalue weighted by atomic mass is 10.1. The molecule has 3 N–H and O–H groups in total. The Hall–Kier alpha value is -1.31. The predicted molar refractivity (Wildman–Crippen MR) is 102 cm³/mol. The Bertz CT molecular complexity index is 571. The van der Waals surface area contributed by atoms with Crippen molar-refractivity contribution in [2.24, 2.45) is 0 Å². The lowest BCUT2D eigenvalue weighted by molar-refractivity contribution is -0.124. The summed E-state index contributed by atoms with van der Waals surface area (Å²) in [5, 5.41) is 15.3. The maximum Gasteiger partial charge on any atom is 0.258 e. The molecule has 25 heavy (non-hydrogen) atoms. The van der Waals surface area contributed by atoms with Gasteiger partial charge in [-0.2, -0.15) is 0 Å². The first-order valence-corrected chi connectivity index (χ1v) is 9.19. The maximum atomic E-state index is 11.9. The van der Waals surface area contributed by atoms with Crippen molar-refractivity contribution in [1.82, 2.24) is 10.6 Å². The molecule has 7 heteroatoms. The van der Waals surface area contributed by atoms with Gasteiger partial charge in [0.05, 0.1) is 12.7 Å². The number of ether oxygens (including phenoxy) is 2. The lowest BCUT2D eigenvalue weighted by Gasteiger charge is -2.21. The average Bonchev–Trinajstić information content (AvgIpc) is 2.46. The molecule has 1 unspecified atom stereocenters. The Labute approximate surface area is 158 Å². The fourth-order valence-corrected chi connectivity index (χ4v) is 2.57. The van der Waals surface area contributed by atoms with E-state index in [2.05, 4.69) is 26.6 Å². The summed E-state index contributed by atoms with van der Waals surface area (Å²) in [6, 6.07) is 3.67. The van der Waals surface area contributed by atoms with Crippen molar-refractivity contribution in [2.75, 3.05) is 19.8 Å². The molecule has 0 aliphatic heterocycles. The third kappa shape index (κ3) is 8.56. The number of nitrogens with one attached hydrogen (secondary N) is 2. The number of carbonyl (C=O) groups is 1. The van der Waals surface area contributed by atoms with Crippen molar-refractivity contribution in [3.05, 3.63) is 22.2 Å². The van der Waals surface area contributed by atoms with Crippen LogP contribution in [0.3, 0.4) is 0 Å². The molecule has 0 spiro atoms. The standard InChI is InChI=1S/C18H29BrN2O4/c1-6-24-15-7-13(10-20-9-12(2)22)14(19)8-16(15)25-11-17(23)21-18(3,4)5/h7-8,12,20,22H,6,9-11H2,1-5H3,(H,21,23). The first-order valence-electron chi connectivity index (χ1n) is 8.40. The van der Waals surface area contributed by atoms with E-state index in [1.807, 2.05) is 33.8 Å². The largest absolute Gasteiger partial charge is 0.490 e. The van der Waals surface area contributed by atoms with E-state index in [0.29, 0.717) is 31.2 Å². The van der Waals surface area contributed by atoms with Crippen LogP contribution in [0.1, 0.15) is 40.2 Å². The highest BCUT2D eigenvalue weighted by Crippen LogP contribution is 2.34. The first-order chi connectivity index (χ1) is 11.6. The van der Waals surface area contributed by atoms with E-state index in [1.165, 1.54) is 0 Å². The summed E-state index contributed by atoms with van der Waals surface area (Å²) in [7, 11) is 0. The second kappa shape index (κ2) is 9.99. The van der Waals surface area contributed by atoms with Gasteiger partial charge in [-0.15, -0.1) is 0 Å². The van der Waals surface area contributed by atoms with Gasteiger partial charge in [-0.1, -0.05) is 15.9 Å². The zero-order valence-corrected chi connectivity index (χ0v) is 17.2. The number of rotatable bonds is 9. The van der Waals surface area contributed by atoms with Crippen LogP contribution < -0.4 is 20.1 Å². The minimum atomic E-state index is -0.408. The first kappa shape index (κ1) is 21.7. The van der Waals surface area contributed by atoms with Gasteiger partial charge in [0.15, 0.2) is 18.1 Å². The van der Waals surface area contributed by atoms with Crippen LogP contribution >= 0.6 is 15.9 Å². The molecular formula is C18H29BrN2O4. The Morgan fingerprint density at radius 2 is 1.92 bits per heavy atom. The summed E-state index contributed by atoms with van der Waals surface area (Å²) >= 11 is 3.52. The molecule has 0 saturated carbocycles. The Kier molecular flexibility index (Phi) is 8.68. The molecule has 1 aromatic carbocycles. The van der Waals surface area contributed by atoms with Gasteiger partial charge in [0.2, 0.25) is 0 Å². The summed E-state index contributed by atoms with van der Waals surface area (Å²) in [6.45, 7) is 10.9. The van der Waals surface area contributed by atoms with E-state index >= 15 is 0 Å². The molecule has 0 radical (unpaired) electrons. The van der Waals surface area contributed by atoms with Crippen LogP contribution in [0.5, 0.6) is 11.5 Å². The van der Waals surface area contributed by atoms with Crippen molar-refractivity contribution >= 4 is 21.8 Å². The van der Waals surface area contributed by atoms with Gasteiger partial charge in [0.1, 0.15) is 0 Å². The third-order valence-electron chi connectivity index (χ3n) is 3.04. The monoisotopic (exact) mass is 416 g/mol. The van der Waals surface area contributed by atoms with E-state index in [4.69, 9.17) is 9.47 Å². The van der Waals surface area contributed by atoms with Crippen LogP contribution in [0.25, 0.3) is 0 Å². The molecule has 0 saturated heterocycles. The summed E-state index contributed by atoms with van der Waals surface area (Å²) in [4.78, 5) is 11.9. The molecule has 1 atom stereocenters. The summed E-state index contributed by atoms with van der Waals surface area (Å²) < 4.78 is 12.1. The Balaban J connectivity index is 2.81. The summed E-state index contributed by atoms with van der Waals surface area (Å²) in [6.07, 6.45) is -0.408. The highest BCUT2D eigenvalue weighted by atomic mass is 79.9. The highest BCUT2D eigenvalue weighted by Gasteiger charge is 2.16. The SMILES string of the molecule is CCOc1cc(CNCC(C)O)c(Br)cc1OCC(=O)NC(C)(C)C. The molecule has 1 aromatic rings. The third-order valence-corrected chi connectivity index (χ3v) is 3.78. The van der Waals surface area contributed by atoms with Crippen molar-refractivity contribution < 1.29 is 19.4 Å². The van der Waals surface area contributed by atoms with Crippen LogP contribution in [0.2, 0.25) is 0 Å². The maximum absolute atomic E-state index is 11.9. The van der Waals surface area contributed by atoms with Gasteiger partial charge in [0.25, 0.3) is 5.91 Å². The topological polar surface area (TPSA) is 79.8 Å². The van der Waals surface area contributed by atoms with Gasteiger partial charge in [0, 0.05) is 23.1 Å². The molecule has 1 rings (SSSR count). The lowest BCUT2D eigenvalue weighted by Crippen LogP contribution is -2.43. The van der Waals surface area contributed by atoms with E-state index in [-0.39, 0.29) is 18.1 Å². The zero-order valence-electron chi connectivity index (χ0n) is 15.6. The van der Waals surface area contributed by atoms with E-state index in [0.717, 1.165) is 10.0 Å². The van der Waals surface area contributed by atoms with Crippen LogP contribution in [0.15, 0.2) is 16.6 Å². The number of aliphatic hydroxyl groups is 1. The summed E-state index contributed by atoms with van der Waals surface area (Å²) in [5.41, 5.74) is 0.680. The van der Waals surface area contributed by atoms with Crippen molar-refractivity contribution in [2.45, 2.75) is 52.8 Å². The molecule has 0 aromatic heterocycles. The van der Waals surface area contributed by atoms with Crippen LogP contribution in [0, 0.1) is 0 Å². The number of hydrogen-bond acceptors (Lipinski definition) is 5. The predicted octanol–water partition coefficient (Wildman–Crippen LogP) is 2.61. The average molecular weight is 417 g/mol. The second-order valence-corrected chi connectivity index (χ2v) is 7.74. The molecule has 142 valence electrons. The van der Waals surface area contributed by atoms with E-state index < -0.39 is 6.10 Å².